The minimum Gasteiger partial charge on any atom is -0.493 e. The van der Waals surface area contributed by atoms with Gasteiger partial charge in [0.25, 0.3) is 5.91 Å². The van der Waals surface area contributed by atoms with Gasteiger partial charge in [-0.1, -0.05) is 6.92 Å². The van der Waals surface area contributed by atoms with E-state index in [9.17, 15) is 4.79 Å². The Morgan fingerprint density at radius 2 is 1.84 bits per heavy atom. The molecule has 134 valence electrons. The molecule has 1 heterocycles. The van der Waals surface area contributed by atoms with Crippen LogP contribution >= 0.6 is 11.3 Å². The van der Waals surface area contributed by atoms with Crippen LogP contribution in [-0.4, -0.2) is 27.2 Å². The normalized spacial score (nSPS) is 16.1. The predicted molar refractivity (Wildman–Crippen MR) is 99.6 cm³/mol. The highest BCUT2D eigenvalue weighted by molar-refractivity contribution is 7.10. The molecule has 0 saturated heterocycles. The maximum absolute atomic E-state index is 12.8. The quantitative estimate of drug-likeness (QED) is 0.869. The number of nitrogens with one attached hydrogen (secondary N) is 1. The molecule has 1 aromatic carbocycles. The monoisotopic (exact) mass is 361 g/mol. The summed E-state index contributed by atoms with van der Waals surface area (Å²) in [5.74, 6) is 2.13. The van der Waals surface area contributed by atoms with Gasteiger partial charge in [0.2, 0.25) is 5.75 Å². The molecule has 6 heteroatoms. The number of rotatable bonds is 5. The lowest BCUT2D eigenvalue weighted by molar-refractivity contribution is 0.102. The van der Waals surface area contributed by atoms with Crippen LogP contribution in [0.25, 0.3) is 0 Å². The molecule has 0 spiro atoms. The maximum atomic E-state index is 12.8. The van der Waals surface area contributed by atoms with E-state index < -0.39 is 0 Å². The molecule has 1 aliphatic rings. The molecule has 1 unspecified atom stereocenters. The first-order valence-corrected chi connectivity index (χ1v) is 9.16. The van der Waals surface area contributed by atoms with Gasteiger partial charge >= 0.3 is 0 Å². The van der Waals surface area contributed by atoms with Gasteiger partial charge in [0.1, 0.15) is 0 Å². The van der Waals surface area contributed by atoms with Crippen LogP contribution in [0.5, 0.6) is 17.2 Å². The summed E-state index contributed by atoms with van der Waals surface area (Å²) in [6.45, 7) is 2.26. The number of hydrogen-bond donors (Lipinski definition) is 1. The van der Waals surface area contributed by atoms with Crippen LogP contribution in [0.2, 0.25) is 0 Å². The first-order valence-electron chi connectivity index (χ1n) is 8.28. The lowest BCUT2D eigenvalue weighted by atomic mass is 9.88. The molecule has 1 N–H and O–H groups in total. The zero-order valence-corrected chi connectivity index (χ0v) is 15.8. The lowest BCUT2D eigenvalue weighted by Crippen LogP contribution is -2.16. The van der Waals surface area contributed by atoms with E-state index in [4.69, 9.17) is 14.2 Å². The number of anilines is 1. The van der Waals surface area contributed by atoms with Gasteiger partial charge in [-0.2, -0.15) is 0 Å². The zero-order valence-electron chi connectivity index (χ0n) is 15.0. The Morgan fingerprint density at radius 1 is 1.16 bits per heavy atom. The molecule has 25 heavy (non-hydrogen) atoms. The van der Waals surface area contributed by atoms with Crippen LogP contribution in [0, 0.1) is 5.92 Å². The number of hydrogen-bond acceptors (Lipinski definition) is 5. The first-order chi connectivity index (χ1) is 12.1. The summed E-state index contributed by atoms with van der Waals surface area (Å²) in [6, 6.07) is 3.47. The number of fused-ring (bicyclic) bond motifs is 1. The molecule has 0 radical (unpaired) electrons. The van der Waals surface area contributed by atoms with E-state index in [1.54, 1.807) is 44.8 Å². The fourth-order valence-corrected chi connectivity index (χ4v) is 4.46. The SMILES string of the molecule is COc1cc(NC(=O)c2csc3c2CCC(C)C3)cc(OC)c1OC. The van der Waals surface area contributed by atoms with Crippen molar-refractivity contribution in [3.63, 3.8) is 0 Å². The van der Waals surface area contributed by atoms with Crippen molar-refractivity contribution in [1.29, 1.82) is 0 Å². The minimum absolute atomic E-state index is 0.0960. The Morgan fingerprint density at radius 3 is 2.44 bits per heavy atom. The Hall–Kier alpha value is -2.21. The Bertz CT molecular complexity index is 759. The molecule has 1 aromatic heterocycles. The average molecular weight is 361 g/mol. The van der Waals surface area contributed by atoms with Crippen molar-refractivity contribution in [3.05, 3.63) is 33.5 Å². The van der Waals surface area contributed by atoms with Gasteiger partial charge in [0, 0.05) is 28.1 Å². The van der Waals surface area contributed by atoms with Gasteiger partial charge in [-0.15, -0.1) is 11.3 Å². The number of ether oxygens (including phenoxy) is 3. The molecule has 1 atom stereocenters. The van der Waals surface area contributed by atoms with Crippen LogP contribution in [-0.2, 0) is 12.8 Å². The van der Waals surface area contributed by atoms with Gasteiger partial charge in [-0.25, -0.2) is 0 Å². The van der Waals surface area contributed by atoms with E-state index in [1.165, 1.54) is 10.4 Å². The molecule has 5 nitrogen and oxygen atoms in total. The summed E-state index contributed by atoms with van der Waals surface area (Å²) in [6.07, 6.45) is 3.17. The smallest absolute Gasteiger partial charge is 0.256 e. The van der Waals surface area contributed by atoms with Crippen molar-refractivity contribution in [1.82, 2.24) is 0 Å². The summed E-state index contributed by atoms with van der Waals surface area (Å²) in [5.41, 5.74) is 2.59. The van der Waals surface area contributed by atoms with Crippen LogP contribution in [0.4, 0.5) is 5.69 Å². The van der Waals surface area contributed by atoms with E-state index in [0.29, 0.717) is 28.9 Å². The first kappa shape index (κ1) is 17.6. The van der Waals surface area contributed by atoms with E-state index in [-0.39, 0.29) is 5.91 Å². The zero-order chi connectivity index (χ0) is 18.0. The highest BCUT2D eigenvalue weighted by atomic mass is 32.1. The summed E-state index contributed by atoms with van der Waals surface area (Å²) in [5, 5.41) is 4.93. The molecule has 1 aliphatic carbocycles. The summed E-state index contributed by atoms with van der Waals surface area (Å²) in [4.78, 5) is 14.1. The summed E-state index contributed by atoms with van der Waals surface area (Å²) >= 11 is 1.69. The topological polar surface area (TPSA) is 56.8 Å². The summed E-state index contributed by atoms with van der Waals surface area (Å²) in [7, 11) is 4.66. The molecular weight excluding hydrogens is 338 g/mol. The van der Waals surface area contributed by atoms with Crippen LogP contribution in [0.3, 0.4) is 0 Å². The van der Waals surface area contributed by atoms with E-state index in [0.717, 1.165) is 24.8 Å². The van der Waals surface area contributed by atoms with Crippen molar-refractivity contribution < 1.29 is 19.0 Å². The lowest BCUT2D eigenvalue weighted by Gasteiger charge is -2.19. The van der Waals surface area contributed by atoms with Crippen LogP contribution < -0.4 is 19.5 Å². The molecule has 3 rings (SSSR count). The second-order valence-electron chi connectivity index (χ2n) is 6.27. The minimum atomic E-state index is -0.0960. The molecule has 2 aromatic rings. The van der Waals surface area contributed by atoms with Gasteiger partial charge < -0.3 is 19.5 Å². The van der Waals surface area contributed by atoms with E-state index >= 15 is 0 Å². The third-order valence-corrected chi connectivity index (χ3v) is 5.62. The number of carbonyl (C=O) groups is 1. The maximum Gasteiger partial charge on any atom is 0.256 e. The fourth-order valence-electron chi connectivity index (χ4n) is 3.22. The Kier molecular flexibility index (Phi) is 5.18. The van der Waals surface area contributed by atoms with Crippen molar-refractivity contribution in [3.8, 4) is 17.2 Å². The number of amides is 1. The molecule has 1 amide bonds. The Balaban J connectivity index is 1.87. The van der Waals surface area contributed by atoms with E-state index in [2.05, 4.69) is 12.2 Å². The number of methoxy groups -OCH3 is 3. The van der Waals surface area contributed by atoms with Gasteiger partial charge in [0.05, 0.1) is 26.9 Å². The highest BCUT2D eigenvalue weighted by Crippen LogP contribution is 2.40. The number of benzene rings is 1. The number of thiophene rings is 1. The second-order valence-corrected chi connectivity index (χ2v) is 7.23. The fraction of sp³-hybridized carbons (Fsp3) is 0.421. The third-order valence-electron chi connectivity index (χ3n) is 4.57. The molecule has 0 aliphatic heterocycles. The largest absolute Gasteiger partial charge is 0.493 e. The molecule has 0 fully saturated rings. The van der Waals surface area contributed by atoms with Gasteiger partial charge in [-0.3, -0.25) is 4.79 Å². The molecule has 0 saturated carbocycles. The van der Waals surface area contributed by atoms with E-state index in [1.807, 2.05) is 5.38 Å². The highest BCUT2D eigenvalue weighted by Gasteiger charge is 2.23. The second kappa shape index (κ2) is 7.35. The van der Waals surface area contributed by atoms with Gasteiger partial charge in [0.15, 0.2) is 11.5 Å². The Labute approximate surface area is 151 Å². The summed E-state index contributed by atoms with van der Waals surface area (Å²) < 4.78 is 16.0. The average Bonchev–Trinajstić information content (AvgIpc) is 3.03. The predicted octanol–water partition coefficient (Wildman–Crippen LogP) is 4.15. The standard InChI is InChI=1S/C19H23NO4S/c1-11-5-6-13-14(10-25-17(13)7-11)19(21)20-12-8-15(22-2)18(24-4)16(9-12)23-3/h8-11H,5-7H2,1-4H3,(H,20,21). The molecule has 0 bridgehead atoms. The van der Waals surface area contributed by atoms with Crippen molar-refractivity contribution >= 4 is 22.9 Å². The van der Waals surface area contributed by atoms with Crippen LogP contribution in [0.15, 0.2) is 17.5 Å². The third kappa shape index (κ3) is 3.44. The van der Waals surface area contributed by atoms with Crippen molar-refractivity contribution in [2.24, 2.45) is 5.92 Å². The van der Waals surface area contributed by atoms with Crippen LogP contribution in [0.1, 0.15) is 34.1 Å². The van der Waals surface area contributed by atoms with Crippen molar-refractivity contribution in [2.75, 3.05) is 26.6 Å². The molecular formula is C19H23NO4S. The van der Waals surface area contributed by atoms with Crippen molar-refractivity contribution in [2.45, 2.75) is 26.2 Å². The number of carbonyl (C=O) groups excluding carboxylic acids is 1. The van der Waals surface area contributed by atoms with Gasteiger partial charge in [-0.05, 0) is 30.7 Å².